The second-order valence-corrected chi connectivity index (χ2v) is 6.41. The first kappa shape index (κ1) is 18.3. The molecule has 0 aromatic heterocycles. The standard InChI is InChI=1S/C18H29NO3/c1-5-6-7-8-9-14-21-16-12-10-15(11-13-16)19-17(20)22-18(2,3)4/h10-13H,5-9,14H2,1-4H3,(H,19,20). The Labute approximate surface area is 134 Å². The van der Waals surface area contributed by atoms with Crippen molar-refractivity contribution in [2.45, 2.75) is 65.4 Å². The van der Waals surface area contributed by atoms with Gasteiger partial charge in [0.05, 0.1) is 6.61 Å². The fourth-order valence-corrected chi connectivity index (χ4v) is 1.95. The lowest BCUT2D eigenvalue weighted by atomic mass is 10.2. The van der Waals surface area contributed by atoms with Crippen LogP contribution in [-0.4, -0.2) is 18.3 Å². The number of carbonyl (C=O) groups is 1. The van der Waals surface area contributed by atoms with E-state index in [-0.39, 0.29) is 0 Å². The van der Waals surface area contributed by atoms with Gasteiger partial charge in [0.15, 0.2) is 0 Å². The smallest absolute Gasteiger partial charge is 0.412 e. The number of hydrogen-bond acceptors (Lipinski definition) is 3. The first-order chi connectivity index (χ1) is 10.4. The molecule has 0 aliphatic rings. The van der Waals surface area contributed by atoms with Crippen LogP contribution in [0.15, 0.2) is 24.3 Å². The van der Waals surface area contributed by atoms with Gasteiger partial charge in [-0.05, 0) is 51.5 Å². The number of amides is 1. The van der Waals surface area contributed by atoms with E-state index < -0.39 is 11.7 Å². The minimum atomic E-state index is -0.495. The normalized spacial score (nSPS) is 11.1. The highest BCUT2D eigenvalue weighted by molar-refractivity contribution is 5.84. The quantitative estimate of drug-likeness (QED) is 0.656. The van der Waals surface area contributed by atoms with Crippen molar-refractivity contribution in [3.05, 3.63) is 24.3 Å². The molecule has 22 heavy (non-hydrogen) atoms. The number of rotatable bonds is 8. The van der Waals surface area contributed by atoms with Crippen molar-refractivity contribution >= 4 is 11.8 Å². The van der Waals surface area contributed by atoms with Gasteiger partial charge in [0.25, 0.3) is 0 Å². The third-order valence-corrected chi connectivity index (χ3v) is 3.02. The molecular formula is C18H29NO3. The highest BCUT2D eigenvalue weighted by atomic mass is 16.6. The van der Waals surface area contributed by atoms with E-state index in [2.05, 4.69) is 12.2 Å². The first-order valence-corrected chi connectivity index (χ1v) is 8.13. The summed E-state index contributed by atoms with van der Waals surface area (Å²) in [7, 11) is 0. The molecule has 0 atom stereocenters. The van der Waals surface area contributed by atoms with E-state index in [1.807, 2.05) is 45.0 Å². The van der Waals surface area contributed by atoms with Gasteiger partial charge in [0.2, 0.25) is 0 Å². The van der Waals surface area contributed by atoms with Crippen molar-refractivity contribution in [2.24, 2.45) is 0 Å². The van der Waals surface area contributed by atoms with Crippen molar-refractivity contribution in [1.82, 2.24) is 0 Å². The van der Waals surface area contributed by atoms with Crippen LogP contribution in [0, 0.1) is 0 Å². The Balaban J connectivity index is 2.29. The van der Waals surface area contributed by atoms with Gasteiger partial charge in [-0.2, -0.15) is 0 Å². The summed E-state index contributed by atoms with van der Waals surface area (Å²) in [6.07, 6.45) is 5.68. The van der Waals surface area contributed by atoms with Gasteiger partial charge in [-0.15, -0.1) is 0 Å². The molecule has 0 spiro atoms. The highest BCUT2D eigenvalue weighted by Crippen LogP contribution is 2.17. The molecule has 4 nitrogen and oxygen atoms in total. The predicted octanol–water partition coefficient (Wildman–Crippen LogP) is 5.38. The van der Waals surface area contributed by atoms with E-state index in [0.29, 0.717) is 5.69 Å². The summed E-state index contributed by atoms with van der Waals surface area (Å²) in [5.41, 5.74) is 0.204. The zero-order valence-corrected chi connectivity index (χ0v) is 14.3. The Morgan fingerprint density at radius 3 is 2.27 bits per heavy atom. The zero-order chi connectivity index (χ0) is 16.4. The van der Waals surface area contributed by atoms with E-state index in [9.17, 15) is 4.79 Å². The maximum atomic E-state index is 11.6. The monoisotopic (exact) mass is 307 g/mol. The summed E-state index contributed by atoms with van der Waals surface area (Å²) >= 11 is 0. The summed E-state index contributed by atoms with van der Waals surface area (Å²) in [6.45, 7) is 8.46. The molecular weight excluding hydrogens is 278 g/mol. The van der Waals surface area contributed by atoms with E-state index in [1.165, 1.54) is 25.7 Å². The van der Waals surface area contributed by atoms with Crippen LogP contribution in [-0.2, 0) is 4.74 Å². The van der Waals surface area contributed by atoms with Gasteiger partial charge in [-0.1, -0.05) is 32.6 Å². The molecule has 4 heteroatoms. The number of ether oxygens (including phenoxy) is 2. The largest absolute Gasteiger partial charge is 0.494 e. The van der Waals surface area contributed by atoms with Gasteiger partial charge in [-0.25, -0.2) is 4.79 Å². The lowest BCUT2D eigenvalue weighted by Gasteiger charge is -2.19. The van der Waals surface area contributed by atoms with Gasteiger partial charge in [-0.3, -0.25) is 5.32 Å². The van der Waals surface area contributed by atoms with Crippen molar-refractivity contribution in [1.29, 1.82) is 0 Å². The van der Waals surface area contributed by atoms with Crippen molar-refractivity contribution < 1.29 is 14.3 Å². The van der Waals surface area contributed by atoms with Gasteiger partial charge >= 0.3 is 6.09 Å². The molecule has 1 rings (SSSR count). The van der Waals surface area contributed by atoms with Crippen LogP contribution in [0.4, 0.5) is 10.5 Å². The maximum absolute atomic E-state index is 11.6. The summed E-state index contributed by atoms with van der Waals surface area (Å²) in [5.74, 6) is 0.824. The summed E-state index contributed by atoms with van der Waals surface area (Å²) < 4.78 is 10.9. The van der Waals surface area contributed by atoms with Crippen molar-refractivity contribution in [3.8, 4) is 5.75 Å². The molecule has 1 N–H and O–H groups in total. The Bertz CT molecular complexity index is 435. The number of hydrogen-bond donors (Lipinski definition) is 1. The molecule has 0 fully saturated rings. The van der Waals surface area contributed by atoms with Crippen LogP contribution < -0.4 is 10.1 Å². The van der Waals surface area contributed by atoms with Crippen LogP contribution in [0.25, 0.3) is 0 Å². The first-order valence-electron chi connectivity index (χ1n) is 8.13. The lowest BCUT2D eigenvalue weighted by Crippen LogP contribution is -2.27. The molecule has 1 aromatic carbocycles. The number of benzene rings is 1. The number of unbranched alkanes of at least 4 members (excludes halogenated alkanes) is 4. The second kappa shape index (κ2) is 9.34. The van der Waals surface area contributed by atoms with Gasteiger partial charge in [0.1, 0.15) is 11.4 Å². The molecule has 0 saturated heterocycles. The van der Waals surface area contributed by atoms with Gasteiger partial charge < -0.3 is 9.47 Å². The lowest BCUT2D eigenvalue weighted by molar-refractivity contribution is 0.0636. The Morgan fingerprint density at radius 1 is 1.05 bits per heavy atom. The van der Waals surface area contributed by atoms with Crippen LogP contribution in [0.3, 0.4) is 0 Å². The Kier molecular flexibility index (Phi) is 7.78. The SMILES string of the molecule is CCCCCCCOc1ccc(NC(=O)OC(C)(C)C)cc1. The third-order valence-electron chi connectivity index (χ3n) is 3.02. The van der Waals surface area contributed by atoms with Crippen LogP contribution in [0.1, 0.15) is 59.8 Å². The molecule has 0 radical (unpaired) electrons. The maximum Gasteiger partial charge on any atom is 0.412 e. The predicted molar refractivity (Wildman–Crippen MR) is 90.6 cm³/mol. The molecule has 1 amide bonds. The van der Waals surface area contributed by atoms with Crippen LogP contribution in [0.2, 0.25) is 0 Å². The average molecular weight is 307 g/mol. The van der Waals surface area contributed by atoms with Crippen molar-refractivity contribution in [3.63, 3.8) is 0 Å². The van der Waals surface area contributed by atoms with Gasteiger partial charge in [0, 0.05) is 5.69 Å². The van der Waals surface area contributed by atoms with Crippen LogP contribution >= 0.6 is 0 Å². The number of nitrogens with one attached hydrogen (secondary N) is 1. The topological polar surface area (TPSA) is 47.6 Å². The molecule has 0 saturated carbocycles. The molecule has 0 heterocycles. The van der Waals surface area contributed by atoms with E-state index in [1.54, 1.807) is 0 Å². The third kappa shape index (κ3) is 8.55. The summed E-state index contributed by atoms with van der Waals surface area (Å²) in [4.78, 5) is 11.6. The van der Waals surface area contributed by atoms with Crippen LogP contribution in [0.5, 0.6) is 5.75 Å². The fraction of sp³-hybridized carbons (Fsp3) is 0.611. The average Bonchev–Trinajstić information content (AvgIpc) is 2.42. The molecule has 1 aromatic rings. The Morgan fingerprint density at radius 2 is 1.68 bits per heavy atom. The molecule has 0 bridgehead atoms. The Hall–Kier alpha value is -1.71. The minimum Gasteiger partial charge on any atom is -0.494 e. The minimum absolute atomic E-state index is 0.447. The molecule has 0 aliphatic heterocycles. The molecule has 0 aliphatic carbocycles. The summed E-state index contributed by atoms with van der Waals surface area (Å²) in [5, 5.41) is 2.70. The van der Waals surface area contributed by atoms with E-state index in [0.717, 1.165) is 18.8 Å². The highest BCUT2D eigenvalue weighted by Gasteiger charge is 2.16. The van der Waals surface area contributed by atoms with E-state index >= 15 is 0 Å². The second-order valence-electron chi connectivity index (χ2n) is 6.41. The van der Waals surface area contributed by atoms with Crippen molar-refractivity contribution in [2.75, 3.05) is 11.9 Å². The zero-order valence-electron chi connectivity index (χ0n) is 14.3. The molecule has 0 unspecified atom stereocenters. The number of carbonyl (C=O) groups excluding carboxylic acids is 1. The summed E-state index contributed by atoms with van der Waals surface area (Å²) in [6, 6.07) is 7.35. The fourth-order valence-electron chi connectivity index (χ4n) is 1.95. The number of anilines is 1. The van der Waals surface area contributed by atoms with E-state index in [4.69, 9.17) is 9.47 Å². The molecule has 124 valence electrons.